The number of aryl methyl sites for hydroxylation is 2. The van der Waals surface area contributed by atoms with E-state index in [2.05, 4.69) is 36.5 Å². The lowest BCUT2D eigenvalue weighted by molar-refractivity contribution is -0.132. The SMILES string of the molecule is CCc1ccc(CCC(=O)N2CCCC(NC)C2)cc1.Cl. The van der Waals surface area contributed by atoms with Gasteiger partial charge in [-0.05, 0) is 43.9 Å². The number of nitrogens with zero attached hydrogens (tertiary/aromatic N) is 1. The maximum absolute atomic E-state index is 12.3. The summed E-state index contributed by atoms with van der Waals surface area (Å²) in [5.41, 5.74) is 2.62. The summed E-state index contributed by atoms with van der Waals surface area (Å²) in [7, 11) is 1.98. The van der Waals surface area contributed by atoms with Crippen molar-refractivity contribution in [1.82, 2.24) is 10.2 Å². The molecule has 1 N–H and O–H groups in total. The van der Waals surface area contributed by atoms with Gasteiger partial charge in [-0.15, -0.1) is 12.4 Å². The largest absolute Gasteiger partial charge is 0.341 e. The summed E-state index contributed by atoms with van der Waals surface area (Å²) >= 11 is 0. The number of hydrogen-bond donors (Lipinski definition) is 1. The van der Waals surface area contributed by atoms with Crippen LogP contribution >= 0.6 is 12.4 Å². The molecule has 21 heavy (non-hydrogen) atoms. The van der Waals surface area contributed by atoms with E-state index in [1.807, 2.05) is 11.9 Å². The maximum Gasteiger partial charge on any atom is 0.222 e. The third kappa shape index (κ3) is 5.33. The third-order valence-corrected chi connectivity index (χ3v) is 4.24. The minimum absolute atomic E-state index is 0. The lowest BCUT2D eigenvalue weighted by Gasteiger charge is -2.32. The Hall–Kier alpha value is -1.06. The summed E-state index contributed by atoms with van der Waals surface area (Å²) < 4.78 is 0. The van der Waals surface area contributed by atoms with Gasteiger partial charge in [-0.3, -0.25) is 4.79 Å². The van der Waals surface area contributed by atoms with Crippen molar-refractivity contribution in [2.75, 3.05) is 20.1 Å². The van der Waals surface area contributed by atoms with Crippen molar-refractivity contribution in [3.05, 3.63) is 35.4 Å². The van der Waals surface area contributed by atoms with E-state index < -0.39 is 0 Å². The van der Waals surface area contributed by atoms with Gasteiger partial charge in [-0.2, -0.15) is 0 Å². The fourth-order valence-corrected chi connectivity index (χ4v) is 2.79. The number of likely N-dealkylation sites (N-methyl/N-ethyl adjacent to an activating group) is 1. The van der Waals surface area contributed by atoms with E-state index in [9.17, 15) is 4.79 Å². The van der Waals surface area contributed by atoms with Gasteiger partial charge in [0, 0.05) is 25.6 Å². The Labute approximate surface area is 134 Å². The van der Waals surface area contributed by atoms with Gasteiger partial charge in [0.1, 0.15) is 0 Å². The molecular formula is C17H27ClN2O. The molecule has 0 bridgehead atoms. The average Bonchev–Trinajstić information content (AvgIpc) is 2.53. The van der Waals surface area contributed by atoms with Crippen molar-refractivity contribution < 1.29 is 4.79 Å². The number of carbonyl (C=O) groups is 1. The molecule has 3 nitrogen and oxygen atoms in total. The van der Waals surface area contributed by atoms with Crippen molar-refractivity contribution in [3.63, 3.8) is 0 Å². The highest BCUT2D eigenvalue weighted by atomic mass is 35.5. The molecule has 0 radical (unpaired) electrons. The first kappa shape index (κ1) is 18.0. The van der Waals surface area contributed by atoms with Crippen molar-refractivity contribution in [2.45, 2.75) is 45.1 Å². The summed E-state index contributed by atoms with van der Waals surface area (Å²) in [6.07, 6.45) is 4.84. The second-order valence-corrected chi connectivity index (χ2v) is 5.64. The zero-order valence-corrected chi connectivity index (χ0v) is 13.9. The first-order valence-corrected chi connectivity index (χ1v) is 7.75. The zero-order valence-electron chi connectivity index (χ0n) is 13.1. The molecule has 1 amide bonds. The zero-order chi connectivity index (χ0) is 14.4. The third-order valence-electron chi connectivity index (χ3n) is 4.24. The topological polar surface area (TPSA) is 32.3 Å². The van der Waals surface area contributed by atoms with E-state index in [4.69, 9.17) is 0 Å². The van der Waals surface area contributed by atoms with Crippen LogP contribution in [0.25, 0.3) is 0 Å². The fraction of sp³-hybridized carbons (Fsp3) is 0.588. The van der Waals surface area contributed by atoms with Crippen LogP contribution in [0.2, 0.25) is 0 Å². The average molecular weight is 311 g/mol. The lowest BCUT2D eigenvalue weighted by atomic mass is 10.0. The monoisotopic (exact) mass is 310 g/mol. The minimum atomic E-state index is 0. The molecule has 0 aliphatic carbocycles. The van der Waals surface area contributed by atoms with Gasteiger partial charge in [-0.25, -0.2) is 0 Å². The first-order valence-electron chi connectivity index (χ1n) is 7.75. The predicted molar refractivity (Wildman–Crippen MR) is 90.1 cm³/mol. The normalized spacial score (nSPS) is 18.2. The molecule has 118 valence electrons. The molecule has 1 aromatic carbocycles. The number of benzene rings is 1. The van der Waals surface area contributed by atoms with Gasteiger partial charge in [0.15, 0.2) is 0 Å². The molecule has 0 saturated carbocycles. The number of amides is 1. The Bertz CT molecular complexity index is 433. The summed E-state index contributed by atoms with van der Waals surface area (Å²) in [4.78, 5) is 14.3. The molecule has 1 aromatic rings. The van der Waals surface area contributed by atoms with E-state index in [1.54, 1.807) is 0 Å². The molecule has 1 fully saturated rings. The number of nitrogens with one attached hydrogen (secondary N) is 1. The van der Waals surface area contributed by atoms with Crippen molar-refractivity contribution in [3.8, 4) is 0 Å². The van der Waals surface area contributed by atoms with Gasteiger partial charge in [-0.1, -0.05) is 31.2 Å². The standard InChI is InChI=1S/C17H26N2O.ClH/c1-3-14-6-8-15(9-7-14)10-11-17(20)19-12-4-5-16(13-19)18-2;/h6-9,16,18H,3-5,10-13H2,1-2H3;1H. The minimum Gasteiger partial charge on any atom is -0.341 e. The molecule has 1 atom stereocenters. The van der Waals surface area contributed by atoms with E-state index in [0.717, 1.165) is 32.4 Å². The first-order chi connectivity index (χ1) is 9.72. The predicted octanol–water partition coefficient (Wildman–Crippen LogP) is 2.81. The number of halogens is 1. The second-order valence-electron chi connectivity index (χ2n) is 5.64. The van der Waals surface area contributed by atoms with E-state index in [1.165, 1.54) is 17.5 Å². The number of rotatable bonds is 5. The molecule has 1 saturated heterocycles. The van der Waals surface area contributed by atoms with Crippen LogP contribution in [0.3, 0.4) is 0 Å². The molecule has 0 spiro atoms. The van der Waals surface area contributed by atoms with Crippen LogP contribution in [-0.4, -0.2) is 37.0 Å². The van der Waals surface area contributed by atoms with Crippen LogP contribution in [0.15, 0.2) is 24.3 Å². The summed E-state index contributed by atoms with van der Waals surface area (Å²) in [6.45, 7) is 3.95. The Kier molecular flexibility index (Phi) is 7.76. The van der Waals surface area contributed by atoms with Crippen molar-refractivity contribution >= 4 is 18.3 Å². The molecule has 1 heterocycles. The number of hydrogen-bond acceptors (Lipinski definition) is 2. The molecule has 2 rings (SSSR count). The van der Waals surface area contributed by atoms with Crippen LogP contribution in [0.4, 0.5) is 0 Å². The molecule has 1 aliphatic rings. The number of carbonyl (C=O) groups excluding carboxylic acids is 1. The smallest absolute Gasteiger partial charge is 0.222 e. The molecule has 0 aromatic heterocycles. The molecule has 1 unspecified atom stereocenters. The van der Waals surface area contributed by atoms with E-state index in [-0.39, 0.29) is 12.4 Å². The van der Waals surface area contributed by atoms with Gasteiger partial charge in [0.2, 0.25) is 5.91 Å². The summed E-state index contributed by atoms with van der Waals surface area (Å²) in [5, 5.41) is 3.28. The van der Waals surface area contributed by atoms with Crippen LogP contribution in [0.5, 0.6) is 0 Å². The van der Waals surface area contributed by atoms with Crippen LogP contribution in [-0.2, 0) is 17.6 Å². The fourth-order valence-electron chi connectivity index (χ4n) is 2.79. The Balaban J connectivity index is 0.00000220. The van der Waals surface area contributed by atoms with E-state index >= 15 is 0 Å². The lowest BCUT2D eigenvalue weighted by Crippen LogP contribution is -2.47. The van der Waals surface area contributed by atoms with Gasteiger partial charge < -0.3 is 10.2 Å². The Morgan fingerprint density at radius 1 is 1.29 bits per heavy atom. The Morgan fingerprint density at radius 2 is 1.95 bits per heavy atom. The van der Waals surface area contributed by atoms with Gasteiger partial charge in [0.25, 0.3) is 0 Å². The van der Waals surface area contributed by atoms with Crippen LogP contribution < -0.4 is 5.32 Å². The van der Waals surface area contributed by atoms with E-state index in [0.29, 0.717) is 18.4 Å². The highest BCUT2D eigenvalue weighted by Gasteiger charge is 2.21. The van der Waals surface area contributed by atoms with Crippen LogP contribution in [0, 0.1) is 0 Å². The molecular weight excluding hydrogens is 284 g/mol. The second kappa shape index (κ2) is 9.06. The maximum atomic E-state index is 12.3. The van der Waals surface area contributed by atoms with Gasteiger partial charge >= 0.3 is 0 Å². The number of likely N-dealkylation sites (tertiary alicyclic amines) is 1. The number of piperidine rings is 1. The summed E-state index contributed by atoms with van der Waals surface area (Å²) in [5.74, 6) is 0.296. The molecule has 4 heteroatoms. The van der Waals surface area contributed by atoms with Crippen molar-refractivity contribution in [2.24, 2.45) is 0 Å². The quantitative estimate of drug-likeness (QED) is 0.907. The van der Waals surface area contributed by atoms with Gasteiger partial charge in [0.05, 0.1) is 0 Å². The summed E-state index contributed by atoms with van der Waals surface area (Å²) in [6, 6.07) is 9.10. The van der Waals surface area contributed by atoms with Crippen molar-refractivity contribution in [1.29, 1.82) is 0 Å². The molecule has 1 aliphatic heterocycles. The highest BCUT2D eigenvalue weighted by Crippen LogP contribution is 2.13. The Morgan fingerprint density at radius 3 is 2.57 bits per heavy atom. The van der Waals surface area contributed by atoms with Crippen LogP contribution in [0.1, 0.15) is 37.3 Å². The highest BCUT2D eigenvalue weighted by molar-refractivity contribution is 5.85.